The smallest absolute Gasteiger partial charge is 0.338 e. The third-order valence-electron chi connectivity index (χ3n) is 8.18. The number of hydrogen-bond donors (Lipinski definition) is 1. The Morgan fingerprint density at radius 1 is 0.761 bits per heavy atom. The first-order valence-corrected chi connectivity index (χ1v) is 16.4. The average molecular weight is 645 g/mol. The monoisotopic (exact) mass is 644 g/mol. The number of amides is 3. The maximum Gasteiger partial charge on any atom is 0.338 e. The van der Waals surface area contributed by atoms with Crippen molar-refractivity contribution in [2.24, 2.45) is 0 Å². The fraction of sp³-hybridized carbons (Fsp3) is 0.378. The minimum atomic E-state index is -2.76. The minimum Gasteiger partial charge on any atom is -0.462 e. The third-order valence-corrected chi connectivity index (χ3v) is 8.70. The molecule has 0 aliphatic carbocycles. The Balaban J connectivity index is 1.46. The van der Waals surface area contributed by atoms with Gasteiger partial charge < -0.3 is 10.1 Å². The second-order valence-corrected chi connectivity index (χ2v) is 12.2. The van der Waals surface area contributed by atoms with Crippen molar-refractivity contribution in [3.05, 3.63) is 101 Å². The maximum atomic E-state index is 14.0. The van der Waals surface area contributed by atoms with E-state index < -0.39 is 34.5 Å². The van der Waals surface area contributed by atoms with Crippen LogP contribution in [0, 0.1) is 6.92 Å². The predicted molar refractivity (Wildman–Crippen MR) is 178 cm³/mol. The number of rotatable bonds is 17. The molecule has 0 aromatic heterocycles. The van der Waals surface area contributed by atoms with Crippen LogP contribution in [0.2, 0.25) is 0 Å². The van der Waals surface area contributed by atoms with Gasteiger partial charge in [-0.2, -0.15) is 0 Å². The number of benzene rings is 3. The number of ketones is 1. The zero-order valence-electron chi connectivity index (χ0n) is 26.5. The molecule has 3 aromatic rings. The lowest BCUT2D eigenvalue weighted by Crippen LogP contribution is -2.60. The highest BCUT2D eigenvalue weighted by Gasteiger charge is 2.58. The quantitative estimate of drug-likeness (QED) is 0.0302. The van der Waals surface area contributed by atoms with Crippen molar-refractivity contribution >= 4 is 46.8 Å². The van der Waals surface area contributed by atoms with Gasteiger partial charge in [0.2, 0.25) is 5.78 Å². The van der Waals surface area contributed by atoms with E-state index >= 15 is 0 Å². The Morgan fingerprint density at radius 3 is 2.00 bits per heavy atom. The van der Waals surface area contributed by atoms with Gasteiger partial charge in [0.1, 0.15) is 0 Å². The fourth-order valence-corrected chi connectivity index (χ4v) is 5.84. The van der Waals surface area contributed by atoms with Gasteiger partial charge in [-0.3, -0.25) is 19.2 Å². The summed E-state index contributed by atoms with van der Waals surface area (Å²) in [5, 5.41) is 2.57. The molecule has 1 N–H and O–H groups in total. The van der Waals surface area contributed by atoms with E-state index in [4.69, 9.17) is 16.3 Å². The van der Waals surface area contributed by atoms with Gasteiger partial charge >= 0.3 is 5.97 Å². The molecule has 1 heterocycles. The van der Waals surface area contributed by atoms with Crippen LogP contribution < -0.4 is 5.32 Å². The number of nitrogens with zero attached hydrogens (tertiary/aromatic N) is 1. The van der Waals surface area contributed by atoms with Crippen LogP contribution in [0.3, 0.4) is 0 Å². The molecule has 1 aliphatic heterocycles. The van der Waals surface area contributed by atoms with Gasteiger partial charge in [-0.15, -0.1) is 0 Å². The van der Waals surface area contributed by atoms with Crippen molar-refractivity contribution < 1.29 is 28.7 Å². The molecular formula is C37H41ClN2O6. The van der Waals surface area contributed by atoms with Crippen LogP contribution >= 0.6 is 11.6 Å². The van der Waals surface area contributed by atoms with Gasteiger partial charge in [0.15, 0.2) is 0 Å². The second kappa shape index (κ2) is 16.3. The first-order valence-electron chi connectivity index (χ1n) is 16.1. The third kappa shape index (κ3) is 7.91. The number of Topliss-reactive ketones (excluding diaryl/α,β-unsaturated/α-hetero) is 1. The topological polar surface area (TPSA) is 110 Å². The second-order valence-electron chi connectivity index (χ2n) is 11.6. The number of alkyl halides is 1. The van der Waals surface area contributed by atoms with Crippen molar-refractivity contribution in [1.29, 1.82) is 0 Å². The lowest BCUT2D eigenvalue weighted by atomic mass is 9.97. The highest BCUT2D eigenvalue weighted by molar-refractivity contribution is 6.52. The number of carbonyl (C=O) groups excluding carboxylic acids is 5. The summed E-state index contributed by atoms with van der Waals surface area (Å²) in [6.45, 7) is 4.11. The zero-order chi connectivity index (χ0) is 33.1. The summed E-state index contributed by atoms with van der Waals surface area (Å²) in [6.07, 6.45) is 11.5. The number of nitrogens with one attached hydrogen (secondary N) is 1. The highest BCUT2D eigenvalue weighted by atomic mass is 35.5. The van der Waals surface area contributed by atoms with Gasteiger partial charge in [0.05, 0.1) is 23.3 Å². The van der Waals surface area contributed by atoms with Gasteiger partial charge in [0.25, 0.3) is 22.7 Å². The number of fused-ring (bicyclic) bond motifs is 1. The predicted octanol–water partition coefficient (Wildman–Crippen LogP) is 8.13. The molecule has 0 saturated heterocycles. The molecule has 0 fully saturated rings. The standard InChI is InChI=1S/C37H41ClN2O6/c1-3-4-5-6-7-8-9-10-11-17-24-46-35(44)27-22-23-30-31(25-27)34(43)40(33(30)42)37(38,32(41)29-21-16-15-18-26(29)2)36(45)39-28-19-13-12-14-20-28/h12-16,18-23,25H,3-11,17,24H2,1-2H3,(H,39,45). The number of para-hydroxylation sites is 1. The fourth-order valence-electron chi connectivity index (χ4n) is 5.53. The number of ether oxygens (including phenoxy) is 1. The van der Waals surface area contributed by atoms with Crippen LogP contribution in [0.15, 0.2) is 72.8 Å². The highest BCUT2D eigenvalue weighted by Crippen LogP contribution is 2.37. The Hall–Kier alpha value is -4.30. The Bertz CT molecular complexity index is 1570. The normalized spacial score (nSPS) is 13.7. The van der Waals surface area contributed by atoms with Crippen LogP contribution in [0.25, 0.3) is 0 Å². The Kier molecular flexibility index (Phi) is 12.3. The summed E-state index contributed by atoms with van der Waals surface area (Å²) in [4.78, 5) is 65.8. The molecule has 9 heteroatoms. The number of imide groups is 1. The summed E-state index contributed by atoms with van der Waals surface area (Å²) in [6, 6.07) is 18.7. The molecule has 8 nitrogen and oxygen atoms in total. The Labute approximate surface area is 275 Å². The number of unbranched alkanes of at least 4 members (excludes halogenated alkanes) is 9. The molecule has 1 unspecified atom stereocenters. The molecule has 0 saturated carbocycles. The number of aryl methyl sites for hydroxylation is 1. The number of esters is 1. The van der Waals surface area contributed by atoms with Gasteiger partial charge in [-0.05, 0) is 49.2 Å². The summed E-state index contributed by atoms with van der Waals surface area (Å²) in [7, 11) is 0. The van der Waals surface area contributed by atoms with E-state index in [9.17, 15) is 24.0 Å². The van der Waals surface area contributed by atoms with Gasteiger partial charge in [-0.1, -0.05) is 119 Å². The molecule has 3 amide bonds. The van der Waals surface area contributed by atoms with Gasteiger partial charge in [0, 0.05) is 11.3 Å². The largest absolute Gasteiger partial charge is 0.462 e. The maximum absolute atomic E-state index is 14.0. The van der Waals surface area contributed by atoms with Crippen LogP contribution in [0.5, 0.6) is 0 Å². The van der Waals surface area contributed by atoms with E-state index in [1.54, 1.807) is 55.5 Å². The molecule has 242 valence electrons. The van der Waals surface area contributed by atoms with Crippen LogP contribution in [-0.4, -0.2) is 46.0 Å². The molecule has 1 aliphatic rings. The van der Waals surface area contributed by atoms with Gasteiger partial charge in [-0.25, -0.2) is 9.69 Å². The van der Waals surface area contributed by atoms with E-state index in [0.29, 0.717) is 16.2 Å². The van der Waals surface area contributed by atoms with E-state index in [1.807, 2.05) is 0 Å². The van der Waals surface area contributed by atoms with E-state index in [1.165, 1.54) is 62.8 Å². The van der Waals surface area contributed by atoms with E-state index in [-0.39, 0.29) is 28.9 Å². The summed E-state index contributed by atoms with van der Waals surface area (Å²) >= 11 is 6.87. The number of carbonyl (C=O) groups is 5. The average Bonchev–Trinajstić information content (AvgIpc) is 3.32. The molecule has 0 radical (unpaired) electrons. The molecule has 0 spiro atoms. The molecule has 1 atom stereocenters. The van der Waals surface area contributed by atoms with Crippen LogP contribution in [-0.2, 0) is 9.53 Å². The number of hydrogen-bond acceptors (Lipinski definition) is 6. The Morgan fingerprint density at radius 2 is 1.35 bits per heavy atom. The van der Waals surface area contributed by atoms with Crippen molar-refractivity contribution in [2.75, 3.05) is 11.9 Å². The lowest BCUT2D eigenvalue weighted by Gasteiger charge is -2.32. The summed E-state index contributed by atoms with van der Waals surface area (Å²) < 4.78 is 5.44. The van der Waals surface area contributed by atoms with Crippen molar-refractivity contribution in [2.45, 2.75) is 83.1 Å². The molecule has 0 bridgehead atoms. The first-order chi connectivity index (χ1) is 22.2. The molecular weight excluding hydrogens is 604 g/mol. The van der Waals surface area contributed by atoms with E-state index in [2.05, 4.69) is 12.2 Å². The van der Waals surface area contributed by atoms with Crippen molar-refractivity contribution in [3.63, 3.8) is 0 Å². The lowest BCUT2D eigenvalue weighted by molar-refractivity contribution is -0.120. The van der Waals surface area contributed by atoms with E-state index in [0.717, 1.165) is 25.7 Å². The minimum absolute atomic E-state index is 0.0768. The number of anilines is 1. The van der Waals surface area contributed by atoms with Crippen molar-refractivity contribution in [3.8, 4) is 0 Å². The zero-order valence-corrected chi connectivity index (χ0v) is 27.2. The first kappa shape index (κ1) is 34.6. The summed E-state index contributed by atoms with van der Waals surface area (Å²) in [5.41, 5.74) is 0.759. The van der Waals surface area contributed by atoms with Crippen LogP contribution in [0.1, 0.15) is 118 Å². The molecule has 46 heavy (non-hydrogen) atoms. The molecule has 3 aromatic carbocycles. The van der Waals surface area contributed by atoms with Crippen LogP contribution in [0.4, 0.5) is 5.69 Å². The number of halogens is 1. The van der Waals surface area contributed by atoms with Crippen molar-refractivity contribution in [1.82, 2.24) is 4.90 Å². The molecule has 4 rings (SSSR count). The summed E-state index contributed by atoms with van der Waals surface area (Å²) in [5.74, 6) is -4.53. The SMILES string of the molecule is CCCCCCCCCCCCOC(=O)c1ccc2c(c1)C(=O)N(C(Cl)(C(=O)Nc1ccccc1)C(=O)c1ccccc1C)C2=O.